The molecule has 0 bridgehead atoms. The molecule has 4 heterocycles. The monoisotopic (exact) mass is 367 g/mol. The van der Waals surface area contributed by atoms with E-state index in [0.29, 0.717) is 11.7 Å². The molecule has 27 heavy (non-hydrogen) atoms. The Hall–Kier alpha value is -2.77. The van der Waals surface area contributed by atoms with Crippen molar-refractivity contribution in [3.05, 3.63) is 45.5 Å². The molecule has 0 atom stereocenters. The van der Waals surface area contributed by atoms with Crippen LogP contribution in [0.25, 0.3) is 5.78 Å². The van der Waals surface area contributed by atoms with Crippen molar-refractivity contribution in [2.45, 2.75) is 47.1 Å². The van der Waals surface area contributed by atoms with Gasteiger partial charge in [0.15, 0.2) is 0 Å². The van der Waals surface area contributed by atoms with Crippen LogP contribution in [0.4, 0.5) is 5.82 Å². The van der Waals surface area contributed by atoms with E-state index in [2.05, 4.69) is 31.9 Å². The van der Waals surface area contributed by atoms with Crippen molar-refractivity contribution in [3.63, 3.8) is 0 Å². The van der Waals surface area contributed by atoms with Gasteiger partial charge in [-0.2, -0.15) is 14.6 Å². The third-order valence-corrected chi connectivity index (χ3v) is 5.76. The van der Waals surface area contributed by atoms with E-state index in [-0.39, 0.29) is 5.56 Å². The predicted molar refractivity (Wildman–Crippen MR) is 103 cm³/mol. The molecule has 8 nitrogen and oxygen atoms in total. The van der Waals surface area contributed by atoms with E-state index in [9.17, 15) is 4.79 Å². The first kappa shape index (κ1) is 17.6. The molecule has 0 unspecified atom stereocenters. The van der Waals surface area contributed by atoms with Gasteiger partial charge in [-0.05, 0) is 46.5 Å². The summed E-state index contributed by atoms with van der Waals surface area (Å²) in [4.78, 5) is 27.9. The molecule has 1 aliphatic heterocycles. The van der Waals surface area contributed by atoms with E-state index in [1.54, 1.807) is 17.2 Å². The summed E-state index contributed by atoms with van der Waals surface area (Å²) in [6.45, 7) is 10.4. The topological polar surface area (TPSA) is 81.2 Å². The minimum absolute atomic E-state index is 0.0786. The van der Waals surface area contributed by atoms with Gasteiger partial charge in [0.25, 0.3) is 11.3 Å². The highest BCUT2D eigenvalue weighted by atomic mass is 16.1. The maximum Gasteiger partial charge on any atom is 0.256 e. The number of nitrogens with zero attached hydrogens (tertiary/aromatic N) is 7. The lowest BCUT2D eigenvalue weighted by Gasteiger charge is -2.34. The predicted octanol–water partition coefficient (Wildman–Crippen LogP) is 1.83. The standard InChI is InChI=1S/C19H25N7O/c1-12-15(4)23-19-20-10-22-26(19)17(12)24-7-5-16(6-8-24)9-25-11-21-14(3)13(2)18(25)27/h10-11,16H,5-9H2,1-4H3. The Labute approximate surface area is 157 Å². The SMILES string of the molecule is Cc1nc2ncnn2c(N2CCC(Cn3cnc(C)c(C)c3=O)CC2)c1C. The quantitative estimate of drug-likeness (QED) is 0.702. The molecule has 0 aliphatic carbocycles. The Morgan fingerprint density at radius 3 is 2.52 bits per heavy atom. The number of aromatic nitrogens is 6. The summed E-state index contributed by atoms with van der Waals surface area (Å²) in [6, 6.07) is 0. The molecule has 0 saturated carbocycles. The normalized spacial score (nSPS) is 15.6. The number of fused-ring (bicyclic) bond motifs is 1. The van der Waals surface area contributed by atoms with Crippen LogP contribution in [0.1, 0.15) is 35.4 Å². The van der Waals surface area contributed by atoms with E-state index >= 15 is 0 Å². The van der Waals surface area contributed by atoms with Gasteiger partial charge < -0.3 is 4.90 Å². The second kappa shape index (κ2) is 6.75. The number of anilines is 1. The fourth-order valence-corrected chi connectivity index (χ4v) is 3.80. The van der Waals surface area contributed by atoms with Gasteiger partial charge in [0.05, 0.1) is 6.33 Å². The maximum absolute atomic E-state index is 12.4. The van der Waals surface area contributed by atoms with Crippen LogP contribution in [0.5, 0.6) is 0 Å². The molecule has 8 heteroatoms. The Bertz CT molecular complexity index is 1040. The Morgan fingerprint density at radius 2 is 1.78 bits per heavy atom. The summed E-state index contributed by atoms with van der Waals surface area (Å²) in [5.41, 5.74) is 3.76. The number of hydrogen-bond acceptors (Lipinski definition) is 6. The summed E-state index contributed by atoms with van der Waals surface area (Å²) in [7, 11) is 0. The third-order valence-electron chi connectivity index (χ3n) is 5.76. The highest BCUT2D eigenvalue weighted by molar-refractivity contribution is 5.54. The highest BCUT2D eigenvalue weighted by Gasteiger charge is 2.24. The molecule has 0 spiro atoms. The van der Waals surface area contributed by atoms with Gasteiger partial charge in [0, 0.05) is 42.1 Å². The molecule has 1 fully saturated rings. The first-order chi connectivity index (χ1) is 13.0. The van der Waals surface area contributed by atoms with Gasteiger partial charge in [-0.15, -0.1) is 0 Å². The largest absolute Gasteiger partial charge is 0.356 e. The van der Waals surface area contributed by atoms with Crippen molar-refractivity contribution < 1.29 is 0 Å². The molecule has 1 saturated heterocycles. The van der Waals surface area contributed by atoms with E-state index in [0.717, 1.165) is 60.8 Å². The summed E-state index contributed by atoms with van der Waals surface area (Å²) >= 11 is 0. The molecule has 3 aromatic rings. The molecule has 3 aromatic heterocycles. The lowest BCUT2D eigenvalue weighted by Crippen LogP contribution is -2.38. The molecule has 0 aromatic carbocycles. The van der Waals surface area contributed by atoms with Crippen LogP contribution < -0.4 is 10.5 Å². The van der Waals surface area contributed by atoms with Crippen LogP contribution in [0, 0.1) is 33.6 Å². The number of aryl methyl sites for hydroxylation is 2. The Morgan fingerprint density at radius 1 is 1.04 bits per heavy atom. The van der Waals surface area contributed by atoms with Crippen LogP contribution in [-0.2, 0) is 6.54 Å². The summed E-state index contributed by atoms with van der Waals surface area (Å²) < 4.78 is 3.60. The molecule has 0 N–H and O–H groups in total. The van der Waals surface area contributed by atoms with Gasteiger partial charge in [0.1, 0.15) is 12.1 Å². The van der Waals surface area contributed by atoms with Crippen LogP contribution in [-0.4, -0.2) is 42.2 Å². The fraction of sp³-hybridized carbons (Fsp3) is 0.526. The lowest BCUT2D eigenvalue weighted by atomic mass is 9.96. The first-order valence-electron chi connectivity index (χ1n) is 9.40. The second-order valence-corrected chi connectivity index (χ2v) is 7.46. The fourth-order valence-electron chi connectivity index (χ4n) is 3.80. The van der Waals surface area contributed by atoms with Gasteiger partial charge in [0.2, 0.25) is 0 Å². The van der Waals surface area contributed by atoms with Crippen molar-refractivity contribution in [2.24, 2.45) is 5.92 Å². The van der Waals surface area contributed by atoms with Gasteiger partial charge in [-0.3, -0.25) is 9.36 Å². The zero-order valence-electron chi connectivity index (χ0n) is 16.3. The Balaban J connectivity index is 1.52. The lowest BCUT2D eigenvalue weighted by molar-refractivity contribution is 0.348. The second-order valence-electron chi connectivity index (χ2n) is 7.46. The zero-order valence-corrected chi connectivity index (χ0v) is 16.3. The van der Waals surface area contributed by atoms with Crippen LogP contribution in [0.2, 0.25) is 0 Å². The molecular weight excluding hydrogens is 342 g/mol. The van der Waals surface area contributed by atoms with Gasteiger partial charge in [-0.25, -0.2) is 9.97 Å². The smallest absolute Gasteiger partial charge is 0.256 e. The van der Waals surface area contributed by atoms with Crippen LogP contribution >= 0.6 is 0 Å². The average Bonchev–Trinajstić information content (AvgIpc) is 3.12. The molecule has 4 rings (SSSR count). The van der Waals surface area contributed by atoms with Crippen molar-refractivity contribution in [1.82, 2.24) is 29.1 Å². The number of piperidine rings is 1. The van der Waals surface area contributed by atoms with Gasteiger partial charge >= 0.3 is 0 Å². The average molecular weight is 367 g/mol. The summed E-state index contributed by atoms with van der Waals surface area (Å²) in [5, 5.41) is 4.36. The van der Waals surface area contributed by atoms with E-state index in [1.807, 2.05) is 25.3 Å². The van der Waals surface area contributed by atoms with Crippen molar-refractivity contribution in [2.75, 3.05) is 18.0 Å². The van der Waals surface area contributed by atoms with E-state index in [4.69, 9.17) is 0 Å². The van der Waals surface area contributed by atoms with Crippen LogP contribution in [0.15, 0.2) is 17.4 Å². The zero-order chi connectivity index (χ0) is 19.1. The molecule has 1 aliphatic rings. The minimum atomic E-state index is 0.0786. The maximum atomic E-state index is 12.4. The number of rotatable bonds is 3. The van der Waals surface area contributed by atoms with Crippen molar-refractivity contribution in [3.8, 4) is 0 Å². The highest BCUT2D eigenvalue weighted by Crippen LogP contribution is 2.27. The minimum Gasteiger partial charge on any atom is -0.356 e. The molecule has 0 amide bonds. The molecular formula is C19H25N7O. The van der Waals surface area contributed by atoms with E-state index < -0.39 is 0 Å². The Kier molecular flexibility index (Phi) is 4.41. The summed E-state index contributed by atoms with van der Waals surface area (Å²) in [5.74, 6) is 2.19. The van der Waals surface area contributed by atoms with Crippen molar-refractivity contribution in [1.29, 1.82) is 0 Å². The van der Waals surface area contributed by atoms with Crippen molar-refractivity contribution >= 4 is 11.6 Å². The molecule has 142 valence electrons. The first-order valence-corrected chi connectivity index (χ1v) is 9.40. The molecule has 0 radical (unpaired) electrons. The van der Waals surface area contributed by atoms with E-state index in [1.165, 1.54) is 0 Å². The van der Waals surface area contributed by atoms with Crippen LogP contribution in [0.3, 0.4) is 0 Å². The van der Waals surface area contributed by atoms with Gasteiger partial charge in [-0.1, -0.05) is 0 Å². The third kappa shape index (κ3) is 3.09. The number of hydrogen-bond donors (Lipinski definition) is 0. The summed E-state index contributed by atoms with van der Waals surface area (Å²) in [6.07, 6.45) is 5.29.